The molecule has 0 saturated carbocycles. The van der Waals surface area contributed by atoms with Crippen molar-refractivity contribution < 1.29 is 5.11 Å². The zero-order valence-electron chi connectivity index (χ0n) is 15.7. The predicted octanol–water partition coefficient (Wildman–Crippen LogP) is 3.87. The molecule has 4 aromatic rings. The lowest BCUT2D eigenvalue weighted by atomic mass is 10.1. The lowest BCUT2D eigenvalue weighted by Gasteiger charge is -2.05. The maximum atomic E-state index is 10.5. The van der Waals surface area contributed by atoms with Gasteiger partial charge in [0.25, 0.3) is 0 Å². The molecule has 0 spiro atoms. The van der Waals surface area contributed by atoms with Gasteiger partial charge in [-0.3, -0.25) is 0 Å². The van der Waals surface area contributed by atoms with Gasteiger partial charge in [0.15, 0.2) is 11.0 Å². The third-order valence-corrected chi connectivity index (χ3v) is 5.53. The number of nitriles is 1. The number of benzene rings is 2. The van der Waals surface area contributed by atoms with Gasteiger partial charge in [-0.05, 0) is 17.7 Å². The summed E-state index contributed by atoms with van der Waals surface area (Å²) >= 11 is 1.32. The second-order valence-corrected chi connectivity index (χ2v) is 7.39. The van der Waals surface area contributed by atoms with Crippen molar-refractivity contribution in [3.8, 4) is 6.07 Å². The Morgan fingerprint density at radius 3 is 2.66 bits per heavy atom. The number of nitrogens with zero attached hydrogens (tertiary/aromatic N) is 5. The van der Waals surface area contributed by atoms with Crippen LogP contribution in [0.4, 0.5) is 0 Å². The lowest BCUT2D eigenvalue weighted by Crippen LogP contribution is -2.01. The minimum atomic E-state index is -0.0517. The van der Waals surface area contributed by atoms with Gasteiger partial charge < -0.3 is 14.7 Å². The number of aliphatic hydroxyl groups excluding tert-OH is 1. The Morgan fingerprint density at radius 1 is 1.14 bits per heavy atom. The molecule has 0 atom stereocenters. The maximum Gasteiger partial charge on any atom is 0.191 e. The van der Waals surface area contributed by atoms with Gasteiger partial charge in [-0.1, -0.05) is 54.2 Å². The van der Waals surface area contributed by atoms with Gasteiger partial charge in [-0.2, -0.15) is 5.26 Å². The fourth-order valence-electron chi connectivity index (χ4n) is 2.93. The van der Waals surface area contributed by atoms with Crippen LogP contribution < -0.4 is 0 Å². The molecule has 0 aliphatic carbocycles. The molecule has 0 amide bonds. The zero-order valence-corrected chi connectivity index (χ0v) is 16.5. The first-order valence-electron chi connectivity index (χ1n) is 8.98. The summed E-state index contributed by atoms with van der Waals surface area (Å²) in [5.74, 6) is 1.33. The van der Waals surface area contributed by atoms with Crippen LogP contribution in [-0.4, -0.2) is 35.6 Å². The van der Waals surface area contributed by atoms with E-state index in [0.717, 1.165) is 22.4 Å². The number of H-pyrrole nitrogens is 1. The largest absolute Gasteiger partial charge is 0.510 e. The molecule has 8 heteroatoms. The highest BCUT2D eigenvalue weighted by atomic mass is 32.2. The molecular weight excluding hydrogens is 384 g/mol. The number of fused-ring (bicyclic) bond motifs is 1. The average Bonchev–Trinajstić information content (AvgIpc) is 3.31. The van der Waals surface area contributed by atoms with Crippen LogP contribution in [0, 0.1) is 11.3 Å². The van der Waals surface area contributed by atoms with Crippen molar-refractivity contribution in [1.82, 2.24) is 24.7 Å². The number of para-hydroxylation sites is 2. The van der Waals surface area contributed by atoms with E-state index >= 15 is 0 Å². The summed E-state index contributed by atoms with van der Waals surface area (Å²) in [5, 5.41) is 29.2. The number of aromatic nitrogens is 5. The van der Waals surface area contributed by atoms with Crippen molar-refractivity contribution in [2.24, 2.45) is 7.05 Å². The average molecular weight is 402 g/mol. The van der Waals surface area contributed by atoms with Crippen molar-refractivity contribution >= 4 is 28.4 Å². The molecule has 2 aromatic carbocycles. The zero-order chi connectivity index (χ0) is 20.2. The maximum absolute atomic E-state index is 10.5. The number of rotatable bonds is 6. The van der Waals surface area contributed by atoms with Gasteiger partial charge >= 0.3 is 0 Å². The van der Waals surface area contributed by atoms with E-state index in [2.05, 4.69) is 20.2 Å². The molecule has 0 aliphatic rings. The highest BCUT2D eigenvalue weighted by Crippen LogP contribution is 2.24. The standard InChI is InChI=1S/C21H18N6OS/c1-27-19(11-14-7-3-2-4-8-14)25-26-21(27)29-13-18(28)15(12-22)20-23-16-9-5-6-10-17(16)24-20/h2-10,28H,11,13H2,1H3,(H,23,24). The summed E-state index contributed by atoms with van der Waals surface area (Å²) < 4.78 is 1.90. The summed E-state index contributed by atoms with van der Waals surface area (Å²) in [6, 6.07) is 19.6. The molecule has 144 valence electrons. The number of aliphatic hydroxyl groups is 1. The molecule has 7 nitrogen and oxygen atoms in total. The number of hydrogen-bond donors (Lipinski definition) is 2. The molecular formula is C21H18N6OS. The number of hydrogen-bond acceptors (Lipinski definition) is 6. The van der Waals surface area contributed by atoms with Crippen LogP contribution in [0.15, 0.2) is 65.5 Å². The Morgan fingerprint density at radius 2 is 1.90 bits per heavy atom. The van der Waals surface area contributed by atoms with Crippen LogP contribution in [0.3, 0.4) is 0 Å². The van der Waals surface area contributed by atoms with Crippen molar-refractivity contribution in [2.75, 3.05) is 5.75 Å². The molecule has 2 aromatic heterocycles. The normalized spacial score (nSPS) is 12.0. The molecule has 0 fully saturated rings. The van der Waals surface area contributed by atoms with E-state index in [9.17, 15) is 10.4 Å². The Kier molecular flexibility index (Phi) is 5.31. The van der Waals surface area contributed by atoms with E-state index in [1.807, 2.05) is 72.3 Å². The summed E-state index contributed by atoms with van der Waals surface area (Å²) in [6.45, 7) is 0. The molecule has 0 unspecified atom stereocenters. The predicted molar refractivity (Wildman–Crippen MR) is 112 cm³/mol. The lowest BCUT2D eigenvalue weighted by molar-refractivity contribution is 0.420. The van der Waals surface area contributed by atoms with E-state index in [4.69, 9.17) is 0 Å². The molecule has 29 heavy (non-hydrogen) atoms. The fourth-order valence-corrected chi connectivity index (χ4v) is 3.74. The molecule has 2 heterocycles. The van der Waals surface area contributed by atoms with Crippen molar-refractivity contribution in [2.45, 2.75) is 11.6 Å². The molecule has 0 radical (unpaired) electrons. The van der Waals surface area contributed by atoms with Crippen LogP contribution in [0.25, 0.3) is 16.6 Å². The van der Waals surface area contributed by atoms with Crippen molar-refractivity contribution in [3.63, 3.8) is 0 Å². The summed E-state index contributed by atoms with van der Waals surface area (Å²) in [4.78, 5) is 7.46. The quantitative estimate of drug-likeness (QED) is 0.288. The van der Waals surface area contributed by atoms with Crippen molar-refractivity contribution in [1.29, 1.82) is 5.26 Å². The third-order valence-electron chi connectivity index (χ3n) is 4.49. The van der Waals surface area contributed by atoms with Gasteiger partial charge in [-0.25, -0.2) is 4.98 Å². The van der Waals surface area contributed by atoms with Crippen LogP contribution >= 0.6 is 11.8 Å². The van der Waals surface area contributed by atoms with E-state index in [1.165, 1.54) is 11.8 Å². The molecule has 0 bridgehead atoms. The monoisotopic (exact) mass is 402 g/mol. The Labute approximate surface area is 171 Å². The molecule has 0 aliphatic heterocycles. The van der Waals surface area contributed by atoms with Gasteiger partial charge in [0, 0.05) is 13.5 Å². The number of aromatic amines is 1. The number of thioether (sulfide) groups is 1. The Bertz CT molecular complexity index is 1190. The second kappa shape index (κ2) is 8.20. The van der Waals surface area contributed by atoms with Gasteiger partial charge in [0.05, 0.1) is 16.8 Å². The minimum absolute atomic E-state index is 0.0517. The topological polar surface area (TPSA) is 103 Å². The van der Waals surface area contributed by atoms with E-state index in [-0.39, 0.29) is 17.1 Å². The first-order chi connectivity index (χ1) is 14.2. The number of imidazole rings is 1. The highest BCUT2D eigenvalue weighted by Gasteiger charge is 2.16. The SMILES string of the molecule is Cn1c(Cc2ccccc2)nnc1SCC(O)=C(C#N)c1nc2ccccc2[nH]1. The smallest absolute Gasteiger partial charge is 0.191 e. The van der Waals surface area contributed by atoms with E-state index in [0.29, 0.717) is 17.4 Å². The first-order valence-corrected chi connectivity index (χ1v) is 9.96. The number of nitrogens with one attached hydrogen (secondary N) is 1. The van der Waals surface area contributed by atoms with E-state index in [1.54, 1.807) is 0 Å². The molecule has 4 rings (SSSR count). The van der Waals surface area contributed by atoms with Gasteiger partial charge in [0.1, 0.15) is 23.2 Å². The highest BCUT2D eigenvalue weighted by molar-refractivity contribution is 7.99. The Hall–Kier alpha value is -3.57. The summed E-state index contributed by atoms with van der Waals surface area (Å²) in [5.41, 5.74) is 2.84. The fraction of sp³-hybridized carbons (Fsp3) is 0.143. The van der Waals surface area contributed by atoms with Crippen LogP contribution in [0.5, 0.6) is 0 Å². The van der Waals surface area contributed by atoms with Gasteiger partial charge in [-0.15, -0.1) is 10.2 Å². The van der Waals surface area contributed by atoms with Gasteiger partial charge in [0.2, 0.25) is 0 Å². The first kappa shape index (κ1) is 18.8. The Balaban J connectivity index is 1.51. The second-order valence-electron chi connectivity index (χ2n) is 6.44. The molecule has 0 saturated heterocycles. The van der Waals surface area contributed by atoms with E-state index < -0.39 is 0 Å². The summed E-state index contributed by atoms with van der Waals surface area (Å²) in [7, 11) is 1.89. The summed E-state index contributed by atoms with van der Waals surface area (Å²) in [6.07, 6.45) is 0.676. The van der Waals surface area contributed by atoms with Crippen molar-refractivity contribution in [3.05, 3.63) is 77.6 Å². The van der Waals surface area contributed by atoms with Crippen LogP contribution in [0.2, 0.25) is 0 Å². The number of allylic oxidation sites excluding steroid dienone is 1. The molecule has 2 N–H and O–H groups in total. The third kappa shape index (κ3) is 4.00. The minimum Gasteiger partial charge on any atom is -0.510 e. The van der Waals surface area contributed by atoms with Crippen LogP contribution in [0.1, 0.15) is 17.2 Å². The van der Waals surface area contributed by atoms with Crippen LogP contribution in [-0.2, 0) is 13.5 Å².